The fourth-order valence-corrected chi connectivity index (χ4v) is 1.49. The van der Waals surface area contributed by atoms with Gasteiger partial charge in [-0.25, -0.2) is 0 Å². The van der Waals surface area contributed by atoms with Crippen LogP contribution in [0.2, 0.25) is 0 Å². The van der Waals surface area contributed by atoms with Crippen LogP contribution in [0.15, 0.2) is 18.2 Å². The molecule has 1 aromatic rings. The molecule has 80 valence electrons. The minimum Gasteiger partial charge on any atom is -0.481 e. The maximum Gasteiger partial charge on any atom is 0.313 e. The van der Waals surface area contributed by atoms with Gasteiger partial charge in [-0.15, -0.1) is 0 Å². The number of hydrogen-bond donors (Lipinski definition) is 1. The normalized spacial score (nSPS) is 15.8. The average molecular weight is 208 g/mol. The zero-order valence-electron chi connectivity index (χ0n) is 8.40. The van der Waals surface area contributed by atoms with Crippen molar-refractivity contribution >= 4 is 5.69 Å². The van der Waals surface area contributed by atoms with E-state index in [2.05, 4.69) is 5.32 Å². The first-order valence-corrected chi connectivity index (χ1v) is 4.80. The Kier molecular flexibility index (Phi) is 2.55. The number of benzene rings is 1. The average Bonchev–Trinajstić information content (AvgIpc) is 2.10. The highest BCUT2D eigenvalue weighted by atomic mass is 16.6. The van der Waals surface area contributed by atoms with Crippen molar-refractivity contribution in [2.45, 2.75) is 13.0 Å². The molecule has 1 aliphatic heterocycles. The quantitative estimate of drug-likeness (QED) is 0.599. The van der Waals surface area contributed by atoms with E-state index in [0.29, 0.717) is 11.3 Å². The molecule has 1 fully saturated rings. The van der Waals surface area contributed by atoms with E-state index >= 15 is 0 Å². The van der Waals surface area contributed by atoms with Crippen LogP contribution in [-0.4, -0.2) is 24.1 Å². The molecule has 15 heavy (non-hydrogen) atoms. The zero-order valence-corrected chi connectivity index (χ0v) is 8.40. The van der Waals surface area contributed by atoms with Crippen LogP contribution in [0.5, 0.6) is 5.75 Å². The Morgan fingerprint density at radius 1 is 1.53 bits per heavy atom. The van der Waals surface area contributed by atoms with E-state index in [1.54, 1.807) is 25.1 Å². The smallest absolute Gasteiger partial charge is 0.313 e. The van der Waals surface area contributed by atoms with Crippen molar-refractivity contribution in [2.75, 3.05) is 13.1 Å². The molecule has 0 aromatic heterocycles. The number of nitrogens with one attached hydrogen (secondary N) is 1. The van der Waals surface area contributed by atoms with Gasteiger partial charge >= 0.3 is 5.69 Å². The van der Waals surface area contributed by atoms with Crippen molar-refractivity contribution in [3.8, 4) is 5.75 Å². The Morgan fingerprint density at radius 2 is 2.27 bits per heavy atom. The maximum absolute atomic E-state index is 10.8. The van der Waals surface area contributed by atoms with E-state index in [9.17, 15) is 10.1 Å². The number of aryl methyl sites for hydroxylation is 1. The van der Waals surface area contributed by atoms with Gasteiger partial charge in [0.15, 0.2) is 5.75 Å². The van der Waals surface area contributed by atoms with Crippen molar-refractivity contribution in [3.63, 3.8) is 0 Å². The predicted molar refractivity (Wildman–Crippen MR) is 55.1 cm³/mol. The molecule has 0 amide bonds. The lowest BCUT2D eigenvalue weighted by molar-refractivity contribution is -0.386. The fraction of sp³-hybridized carbons (Fsp3) is 0.400. The summed E-state index contributed by atoms with van der Waals surface area (Å²) in [5.74, 6) is 0.367. The zero-order chi connectivity index (χ0) is 10.8. The van der Waals surface area contributed by atoms with E-state index in [4.69, 9.17) is 4.74 Å². The summed E-state index contributed by atoms with van der Waals surface area (Å²) < 4.78 is 5.52. The summed E-state index contributed by atoms with van der Waals surface area (Å²) in [7, 11) is 0. The van der Waals surface area contributed by atoms with Crippen molar-refractivity contribution in [1.82, 2.24) is 5.32 Å². The Morgan fingerprint density at radius 3 is 2.80 bits per heavy atom. The highest BCUT2D eigenvalue weighted by Gasteiger charge is 2.24. The van der Waals surface area contributed by atoms with Crippen LogP contribution in [0.4, 0.5) is 5.69 Å². The third-order valence-corrected chi connectivity index (χ3v) is 2.42. The third-order valence-electron chi connectivity index (χ3n) is 2.42. The molecule has 1 N–H and O–H groups in total. The second-order valence-corrected chi connectivity index (χ2v) is 3.58. The second kappa shape index (κ2) is 3.86. The van der Waals surface area contributed by atoms with Crippen LogP contribution in [0, 0.1) is 17.0 Å². The fourth-order valence-electron chi connectivity index (χ4n) is 1.49. The lowest BCUT2D eigenvalue weighted by atomic mass is 10.2. The summed E-state index contributed by atoms with van der Waals surface area (Å²) in [6.45, 7) is 3.22. The molecular weight excluding hydrogens is 196 g/mol. The number of ether oxygens (including phenoxy) is 1. The van der Waals surface area contributed by atoms with Gasteiger partial charge in [-0.05, 0) is 13.0 Å². The van der Waals surface area contributed by atoms with E-state index in [1.165, 1.54) is 0 Å². The van der Waals surface area contributed by atoms with E-state index in [-0.39, 0.29) is 11.8 Å². The van der Waals surface area contributed by atoms with E-state index < -0.39 is 4.92 Å². The molecule has 1 aromatic carbocycles. The molecule has 1 heterocycles. The molecular formula is C10H12N2O3. The minimum atomic E-state index is -0.392. The minimum absolute atomic E-state index is 0.0606. The highest BCUT2D eigenvalue weighted by Crippen LogP contribution is 2.31. The molecule has 5 heteroatoms. The van der Waals surface area contributed by atoms with E-state index in [0.717, 1.165) is 13.1 Å². The van der Waals surface area contributed by atoms with Gasteiger partial charge in [-0.2, -0.15) is 0 Å². The summed E-state index contributed by atoms with van der Waals surface area (Å²) in [4.78, 5) is 10.4. The highest BCUT2D eigenvalue weighted by molar-refractivity contribution is 5.52. The number of para-hydroxylation sites is 1. The van der Waals surface area contributed by atoms with Crippen molar-refractivity contribution < 1.29 is 9.66 Å². The van der Waals surface area contributed by atoms with Gasteiger partial charge in [0.05, 0.1) is 4.92 Å². The van der Waals surface area contributed by atoms with Gasteiger partial charge in [-0.1, -0.05) is 12.1 Å². The Hall–Kier alpha value is -1.62. The molecule has 0 radical (unpaired) electrons. The first-order valence-electron chi connectivity index (χ1n) is 4.80. The van der Waals surface area contributed by atoms with Gasteiger partial charge in [0.2, 0.25) is 0 Å². The molecule has 1 saturated heterocycles. The van der Waals surface area contributed by atoms with Gasteiger partial charge in [0, 0.05) is 18.7 Å². The number of rotatable bonds is 3. The first kappa shape index (κ1) is 9.92. The Labute approximate surface area is 87.2 Å². The van der Waals surface area contributed by atoms with Gasteiger partial charge < -0.3 is 10.1 Å². The molecule has 0 bridgehead atoms. The maximum atomic E-state index is 10.8. The topological polar surface area (TPSA) is 64.4 Å². The molecule has 1 aliphatic rings. The monoisotopic (exact) mass is 208 g/mol. The standard InChI is InChI=1S/C10H12N2O3/c1-7-3-2-4-9(10(7)12(13)14)15-8-5-11-6-8/h2-4,8,11H,5-6H2,1H3. The number of nitro benzene ring substituents is 1. The number of nitro groups is 1. The number of hydrogen-bond acceptors (Lipinski definition) is 4. The summed E-state index contributed by atoms with van der Waals surface area (Å²) in [6.07, 6.45) is 0.0606. The van der Waals surface area contributed by atoms with E-state index in [1.807, 2.05) is 0 Å². The third kappa shape index (κ3) is 1.92. The number of nitrogens with zero attached hydrogens (tertiary/aromatic N) is 1. The van der Waals surface area contributed by atoms with Crippen LogP contribution in [-0.2, 0) is 0 Å². The SMILES string of the molecule is Cc1cccc(OC2CNC2)c1[N+](=O)[O-]. The Bertz CT molecular complexity index is 388. The molecule has 0 saturated carbocycles. The van der Waals surface area contributed by atoms with Crippen LogP contribution >= 0.6 is 0 Å². The van der Waals surface area contributed by atoms with Gasteiger partial charge in [0.1, 0.15) is 6.10 Å². The van der Waals surface area contributed by atoms with Crippen molar-refractivity contribution in [1.29, 1.82) is 0 Å². The molecule has 0 unspecified atom stereocenters. The molecule has 2 rings (SSSR count). The summed E-state index contributed by atoms with van der Waals surface area (Å²) in [5.41, 5.74) is 0.703. The first-order chi connectivity index (χ1) is 7.18. The Balaban J connectivity index is 2.27. The molecule has 0 aliphatic carbocycles. The lowest BCUT2D eigenvalue weighted by Crippen LogP contribution is -2.50. The second-order valence-electron chi connectivity index (χ2n) is 3.58. The predicted octanol–water partition coefficient (Wildman–Crippen LogP) is 1.25. The van der Waals surface area contributed by atoms with Crippen molar-refractivity contribution in [3.05, 3.63) is 33.9 Å². The molecule has 0 atom stereocenters. The summed E-state index contributed by atoms with van der Waals surface area (Å²) in [6, 6.07) is 5.12. The summed E-state index contributed by atoms with van der Waals surface area (Å²) in [5, 5.41) is 13.9. The van der Waals surface area contributed by atoms with Crippen molar-refractivity contribution in [2.24, 2.45) is 0 Å². The molecule has 5 nitrogen and oxygen atoms in total. The van der Waals surface area contributed by atoms with Crippen LogP contribution in [0.1, 0.15) is 5.56 Å². The van der Waals surface area contributed by atoms with Crippen LogP contribution < -0.4 is 10.1 Å². The lowest BCUT2D eigenvalue weighted by Gasteiger charge is -2.27. The van der Waals surface area contributed by atoms with Crippen LogP contribution in [0.3, 0.4) is 0 Å². The van der Waals surface area contributed by atoms with Gasteiger partial charge in [-0.3, -0.25) is 10.1 Å². The van der Waals surface area contributed by atoms with Gasteiger partial charge in [0.25, 0.3) is 0 Å². The summed E-state index contributed by atoms with van der Waals surface area (Å²) >= 11 is 0. The molecule has 0 spiro atoms. The van der Waals surface area contributed by atoms with Crippen LogP contribution in [0.25, 0.3) is 0 Å². The largest absolute Gasteiger partial charge is 0.481 e.